The summed E-state index contributed by atoms with van der Waals surface area (Å²) in [6.45, 7) is 3.23. The van der Waals surface area contributed by atoms with Crippen LogP contribution in [0.5, 0.6) is 0 Å². The topological polar surface area (TPSA) is 81.7 Å². The number of amides is 3. The fourth-order valence-electron chi connectivity index (χ4n) is 2.60. The van der Waals surface area contributed by atoms with E-state index >= 15 is 0 Å². The minimum Gasteiger partial charge on any atom is -0.396 e. The van der Waals surface area contributed by atoms with Gasteiger partial charge in [-0.1, -0.05) is 19.1 Å². The van der Waals surface area contributed by atoms with Crippen LogP contribution in [-0.4, -0.2) is 54.2 Å². The van der Waals surface area contributed by atoms with E-state index in [-0.39, 0.29) is 36.1 Å². The Labute approximate surface area is 141 Å². The van der Waals surface area contributed by atoms with E-state index in [9.17, 15) is 14.0 Å². The van der Waals surface area contributed by atoms with Crippen LogP contribution in [-0.2, 0) is 0 Å². The van der Waals surface area contributed by atoms with Gasteiger partial charge in [0.15, 0.2) is 0 Å². The first-order valence-corrected chi connectivity index (χ1v) is 8.20. The monoisotopic (exact) mass is 337 g/mol. The molecule has 1 saturated heterocycles. The van der Waals surface area contributed by atoms with Gasteiger partial charge in [0.25, 0.3) is 5.91 Å². The largest absolute Gasteiger partial charge is 0.396 e. The molecule has 0 aromatic heterocycles. The Hall–Kier alpha value is -2.15. The van der Waals surface area contributed by atoms with Gasteiger partial charge in [-0.15, -0.1) is 0 Å². The van der Waals surface area contributed by atoms with Crippen LogP contribution in [0.4, 0.5) is 9.18 Å². The van der Waals surface area contributed by atoms with Gasteiger partial charge in [-0.2, -0.15) is 0 Å². The van der Waals surface area contributed by atoms with Crippen molar-refractivity contribution in [3.63, 3.8) is 0 Å². The van der Waals surface area contributed by atoms with Crippen LogP contribution in [0.15, 0.2) is 24.3 Å². The highest BCUT2D eigenvalue weighted by molar-refractivity contribution is 5.94. The van der Waals surface area contributed by atoms with Crippen molar-refractivity contribution < 1.29 is 19.1 Å². The molecule has 1 aromatic carbocycles. The Balaban J connectivity index is 1.78. The Kier molecular flexibility index (Phi) is 6.54. The highest BCUT2D eigenvalue weighted by Crippen LogP contribution is 2.16. The molecule has 3 N–H and O–H groups in total. The lowest BCUT2D eigenvalue weighted by Gasteiger charge is -2.32. The summed E-state index contributed by atoms with van der Waals surface area (Å²) < 4.78 is 13.7. The second-order valence-electron chi connectivity index (χ2n) is 6.19. The lowest BCUT2D eigenvalue weighted by atomic mass is 10.0. The predicted molar refractivity (Wildman–Crippen MR) is 88.1 cm³/mol. The first kappa shape index (κ1) is 18.2. The van der Waals surface area contributed by atoms with Gasteiger partial charge >= 0.3 is 6.03 Å². The zero-order valence-electron chi connectivity index (χ0n) is 13.8. The summed E-state index contributed by atoms with van der Waals surface area (Å²) in [7, 11) is 0. The van der Waals surface area contributed by atoms with Crippen molar-refractivity contribution >= 4 is 11.9 Å². The molecular formula is C17H24FN3O3. The number of hydrogen-bond donors (Lipinski definition) is 3. The molecule has 0 saturated carbocycles. The summed E-state index contributed by atoms with van der Waals surface area (Å²) in [5.41, 5.74) is 0.0830. The molecule has 1 aromatic rings. The molecule has 1 atom stereocenters. The zero-order valence-corrected chi connectivity index (χ0v) is 13.8. The molecule has 1 heterocycles. The van der Waals surface area contributed by atoms with Crippen LogP contribution >= 0.6 is 0 Å². The molecule has 1 aliphatic heterocycles. The molecule has 2 rings (SSSR count). The molecule has 0 bridgehead atoms. The van der Waals surface area contributed by atoms with E-state index in [4.69, 9.17) is 5.11 Å². The quantitative estimate of drug-likeness (QED) is 0.759. The van der Waals surface area contributed by atoms with Gasteiger partial charge in [0.05, 0.1) is 5.56 Å². The molecule has 1 fully saturated rings. The smallest absolute Gasteiger partial charge is 0.315 e. The number of benzene rings is 1. The lowest BCUT2D eigenvalue weighted by molar-refractivity contribution is 0.0703. The minimum absolute atomic E-state index is 0.0102. The van der Waals surface area contributed by atoms with E-state index in [0.29, 0.717) is 32.5 Å². The normalized spacial score (nSPS) is 16.5. The van der Waals surface area contributed by atoms with Crippen molar-refractivity contribution in [2.75, 3.05) is 26.2 Å². The Morgan fingerprint density at radius 3 is 2.62 bits per heavy atom. The summed E-state index contributed by atoms with van der Waals surface area (Å²) in [4.78, 5) is 25.7. The Morgan fingerprint density at radius 1 is 1.33 bits per heavy atom. The number of piperidine rings is 1. The van der Waals surface area contributed by atoms with Crippen LogP contribution < -0.4 is 10.6 Å². The second kappa shape index (κ2) is 8.63. The molecule has 3 amide bonds. The van der Waals surface area contributed by atoms with Gasteiger partial charge in [-0.25, -0.2) is 9.18 Å². The molecule has 24 heavy (non-hydrogen) atoms. The summed E-state index contributed by atoms with van der Waals surface area (Å²) >= 11 is 0. The molecule has 7 heteroatoms. The van der Waals surface area contributed by atoms with E-state index in [1.54, 1.807) is 17.0 Å². The number of urea groups is 1. The van der Waals surface area contributed by atoms with Gasteiger partial charge in [0.2, 0.25) is 0 Å². The Bertz CT molecular complexity index is 574. The van der Waals surface area contributed by atoms with Gasteiger partial charge in [0.1, 0.15) is 5.82 Å². The predicted octanol–water partition coefficient (Wildman–Crippen LogP) is 1.36. The summed E-state index contributed by atoms with van der Waals surface area (Å²) in [5, 5.41) is 14.5. The van der Waals surface area contributed by atoms with Crippen molar-refractivity contribution in [1.82, 2.24) is 15.5 Å². The van der Waals surface area contributed by atoms with E-state index < -0.39 is 5.82 Å². The molecule has 132 valence electrons. The highest BCUT2D eigenvalue weighted by atomic mass is 19.1. The SMILES string of the molecule is CC(CO)CNC(=O)NC1CCN(C(=O)c2ccccc2F)CC1. The fraction of sp³-hybridized carbons (Fsp3) is 0.529. The number of nitrogens with one attached hydrogen (secondary N) is 2. The number of rotatable bonds is 5. The molecular weight excluding hydrogens is 313 g/mol. The van der Waals surface area contributed by atoms with Crippen LogP contribution in [0.3, 0.4) is 0 Å². The molecule has 0 radical (unpaired) electrons. The number of carbonyl (C=O) groups is 2. The first-order chi connectivity index (χ1) is 11.5. The van der Waals surface area contributed by atoms with Crippen molar-refractivity contribution in [2.24, 2.45) is 5.92 Å². The van der Waals surface area contributed by atoms with E-state index in [1.165, 1.54) is 12.1 Å². The van der Waals surface area contributed by atoms with Gasteiger partial charge < -0.3 is 20.6 Å². The van der Waals surface area contributed by atoms with Gasteiger partial charge in [0, 0.05) is 32.3 Å². The lowest BCUT2D eigenvalue weighted by Crippen LogP contribution is -2.49. The van der Waals surface area contributed by atoms with E-state index in [1.807, 2.05) is 6.92 Å². The van der Waals surface area contributed by atoms with Crippen LogP contribution in [0.2, 0.25) is 0 Å². The third kappa shape index (κ3) is 4.92. The number of carbonyl (C=O) groups excluding carboxylic acids is 2. The zero-order chi connectivity index (χ0) is 17.5. The third-order valence-corrected chi connectivity index (χ3v) is 4.14. The fourth-order valence-corrected chi connectivity index (χ4v) is 2.60. The Morgan fingerprint density at radius 2 is 2.00 bits per heavy atom. The first-order valence-electron chi connectivity index (χ1n) is 8.20. The second-order valence-corrected chi connectivity index (χ2v) is 6.19. The van der Waals surface area contributed by atoms with Gasteiger partial charge in [-0.05, 0) is 30.9 Å². The summed E-state index contributed by atoms with van der Waals surface area (Å²) in [5.74, 6) is -0.816. The van der Waals surface area contributed by atoms with Gasteiger partial charge in [-0.3, -0.25) is 4.79 Å². The van der Waals surface area contributed by atoms with Crippen molar-refractivity contribution in [2.45, 2.75) is 25.8 Å². The molecule has 6 nitrogen and oxygen atoms in total. The third-order valence-electron chi connectivity index (χ3n) is 4.14. The average molecular weight is 337 g/mol. The average Bonchev–Trinajstić information content (AvgIpc) is 2.60. The maximum absolute atomic E-state index is 13.7. The minimum atomic E-state index is -0.514. The number of hydrogen-bond acceptors (Lipinski definition) is 3. The maximum atomic E-state index is 13.7. The van der Waals surface area contributed by atoms with Crippen molar-refractivity contribution in [3.8, 4) is 0 Å². The highest BCUT2D eigenvalue weighted by Gasteiger charge is 2.25. The summed E-state index contributed by atoms with van der Waals surface area (Å²) in [6, 6.07) is 5.67. The number of likely N-dealkylation sites (tertiary alicyclic amines) is 1. The standard InChI is InChI=1S/C17H24FN3O3/c1-12(11-22)10-19-17(24)20-13-6-8-21(9-7-13)16(23)14-4-2-3-5-15(14)18/h2-5,12-13,22H,6-11H2,1H3,(H2,19,20,24). The van der Waals surface area contributed by atoms with E-state index in [2.05, 4.69) is 10.6 Å². The number of halogens is 1. The number of nitrogens with zero attached hydrogens (tertiary/aromatic N) is 1. The van der Waals surface area contributed by atoms with E-state index in [0.717, 1.165) is 0 Å². The molecule has 0 aliphatic carbocycles. The van der Waals surface area contributed by atoms with Crippen LogP contribution in [0.25, 0.3) is 0 Å². The maximum Gasteiger partial charge on any atom is 0.315 e. The van der Waals surface area contributed by atoms with Crippen LogP contribution in [0.1, 0.15) is 30.1 Å². The van der Waals surface area contributed by atoms with Crippen molar-refractivity contribution in [3.05, 3.63) is 35.6 Å². The van der Waals surface area contributed by atoms with Crippen molar-refractivity contribution in [1.29, 1.82) is 0 Å². The molecule has 0 spiro atoms. The number of aliphatic hydroxyl groups is 1. The number of aliphatic hydroxyl groups excluding tert-OH is 1. The molecule has 1 unspecified atom stereocenters. The summed E-state index contributed by atoms with van der Waals surface area (Å²) in [6.07, 6.45) is 1.26. The molecule has 1 aliphatic rings. The van der Waals surface area contributed by atoms with Crippen LogP contribution in [0, 0.1) is 11.7 Å².